The van der Waals surface area contributed by atoms with Gasteiger partial charge in [-0.1, -0.05) is 0 Å². The number of allylic oxidation sites excluding steroid dienone is 8. The zero-order valence-corrected chi connectivity index (χ0v) is 16.5. The van der Waals surface area contributed by atoms with Gasteiger partial charge >= 0.3 is 45.1 Å². The van der Waals surface area contributed by atoms with E-state index in [0.29, 0.717) is 0 Å². The normalized spacial score (nSPS) is 14.8. The van der Waals surface area contributed by atoms with Gasteiger partial charge in [-0.2, -0.15) is 12.2 Å². The van der Waals surface area contributed by atoms with Crippen LogP contribution in [-0.2, 0) is 30.9 Å². The maximum Gasteiger partial charge on any atom is 4.00 e. The van der Waals surface area contributed by atoms with Gasteiger partial charge in [0.1, 0.15) is 0 Å². The van der Waals surface area contributed by atoms with Gasteiger partial charge in [0.25, 0.3) is 0 Å². The fourth-order valence-electron chi connectivity index (χ4n) is 1.19. The molecule has 0 aromatic heterocycles. The Labute approximate surface area is 173 Å². The number of ether oxygens (including phenoxy) is 1. The first-order valence-electron chi connectivity index (χ1n) is 5.51. The van der Waals surface area contributed by atoms with Crippen LogP contribution in [0, 0.1) is 12.2 Å². The fraction of sp³-hybridized carbons (Fsp3) is 0.429. The Hall–Kier alpha value is 1.27. The molecule has 0 aromatic carbocycles. The van der Waals surface area contributed by atoms with E-state index >= 15 is 0 Å². The zero-order valence-electron chi connectivity index (χ0n) is 11.7. The van der Waals surface area contributed by atoms with Crippen molar-refractivity contribution in [2.24, 2.45) is 0 Å². The van der Waals surface area contributed by atoms with Crippen LogP contribution in [0.25, 0.3) is 0 Å². The molecule has 1 fully saturated rings. The van der Waals surface area contributed by atoms with Gasteiger partial charge in [-0.15, -0.1) is 12.8 Å². The maximum atomic E-state index is 4.94. The van der Waals surface area contributed by atoms with Crippen LogP contribution in [0.4, 0.5) is 0 Å². The summed E-state index contributed by atoms with van der Waals surface area (Å²) in [5, 5.41) is 0. The topological polar surface area (TPSA) is 9.23 Å². The van der Waals surface area contributed by atoms with Crippen LogP contribution >= 0.6 is 0 Å². The van der Waals surface area contributed by atoms with Gasteiger partial charge in [-0.25, -0.2) is 24.3 Å². The van der Waals surface area contributed by atoms with Crippen LogP contribution in [0.15, 0.2) is 36.5 Å². The molecule has 3 aliphatic rings. The summed E-state index contributed by atoms with van der Waals surface area (Å²) in [5.74, 6) is 0. The number of rotatable bonds is 0. The second kappa shape index (κ2) is 28.4. The minimum absolute atomic E-state index is 0. The Morgan fingerprint density at radius 1 is 0.750 bits per heavy atom. The van der Waals surface area contributed by atoms with E-state index < -0.39 is 0 Å². The van der Waals surface area contributed by atoms with Crippen molar-refractivity contribution >= 4 is 0 Å². The predicted molar refractivity (Wildman–Crippen MR) is 63.2 cm³/mol. The number of halogens is 3. The van der Waals surface area contributed by atoms with Crippen LogP contribution in [0.3, 0.4) is 0 Å². The van der Waals surface area contributed by atoms with Gasteiger partial charge in [-0.3, -0.25) is 12.2 Å². The first-order chi connectivity index (χ1) is 7.50. The van der Waals surface area contributed by atoms with Gasteiger partial charge in [0.15, 0.2) is 0 Å². The summed E-state index contributed by atoms with van der Waals surface area (Å²) in [7, 11) is 0. The van der Waals surface area contributed by atoms with Gasteiger partial charge in [0, 0.05) is 13.2 Å². The van der Waals surface area contributed by atoms with E-state index in [4.69, 9.17) is 4.74 Å². The van der Waals surface area contributed by atoms with E-state index in [9.17, 15) is 0 Å². The molecule has 106 valence electrons. The first-order valence-corrected chi connectivity index (χ1v) is 5.51. The molecule has 0 spiro atoms. The third kappa shape index (κ3) is 24.3. The average molecular weight is 407 g/mol. The third-order valence-electron chi connectivity index (χ3n) is 2.00. The summed E-state index contributed by atoms with van der Waals surface area (Å²) in [6, 6.07) is 0. The van der Waals surface area contributed by atoms with Crippen molar-refractivity contribution < 1.29 is 87.0 Å². The molecule has 0 saturated carbocycles. The molecule has 0 radical (unpaired) electrons. The standard InChI is InChI=1S/2C5H5.C4H8O.3ClH.Li.Zr/c3*1-2-4-5-3-1;;;;;/h2*1-3H,4H2;1-4H2;3*1H;;/q2*-1;;;;;+1;+4/p-3. The minimum Gasteiger partial charge on any atom is -1.00 e. The summed E-state index contributed by atoms with van der Waals surface area (Å²) < 4.78 is 4.94. The molecular formula is C14H18Cl3LiOZr. The molecule has 0 aromatic rings. The van der Waals surface area contributed by atoms with E-state index in [1.165, 1.54) is 12.8 Å². The molecule has 0 amide bonds. The summed E-state index contributed by atoms with van der Waals surface area (Å²) in [6.45, 7) is 2.00. The van der Waals surface area contributed by atoms with Crippen molar-refractivity contribution in [3.05, 3.63) is 48.6 Å². The Kier molecular flexibility index (Phi) is 46.9. The Morgan fingerprint density at radius 3 is 1.25 bits per heavy atom. The molecule has 0 N–H and O–H groups in total. The van der Waals surface area contributed by atoms with Crippen molar-refractivity contribution in [1.82, 2.24) is 0 Å². The van der Waals surface area contributed by atoms with Crippen LogP contribution in [0.2, 0.25) is 0 Å². The molecule has 1 nitrogen and oxygen atoms in total. The largest absolute Gasteiger partial charge is 4.00 e. The summed E-state index contributed by atoms with van der Waals surface area (Å²) >= 11 is 0. The second-order valence-electron chi connectivity index (χ2n) is 3.33. The fourth-order valence-corrected chi connectivity index (χ4v) is 1.19. The van der Waals surface area contributed by atoms with Crippen molar-refractivity contribution in [2.75, 3.05) is 13.2 Å². The van der Waals surface area contributed by atoms with Gasteiger partial charge in [0.05, 0.1) is 0 Å². The van der Waals surface area contributed by atoms with E-state index in [2.05, 4.69) is 24.3 Å². The molecule has 20 heavy (non-hydrogen) atoms. The molecule has 0 bridgehead atoms. The average Bonchev–Trinajstić information content (AvgIpc) is 3.09. The maximum absolute atomic E-state index is 4.94. The Balaban J connectivity index is -0.0000000500. The first kappa shape index (κ1) is 33.0. The van der Waals surface area contributed by atoms with Crippen molar-refractivity contribution in [3.8, 4) is 0 Å². The molecule has 0 unspecified atom stereocenters. The summed E-state index contributed by atoms with van der Waals surface area (Å²) in [6.07, 6.45) is 22.6. The molecule has 0 atom stereocenters. The van der Waals surface area contributed by atoms with Crippen LogP contribution in [0.1, 0.15) is 25.7 Å². The summed E-state index contributed by atoms with van der Waals surface area (Å²) in [5.41, 5.74) is 0. The van der Waals surface area contributed by atoms with Crippen molar-refractivity contribution in [2.45, 2.75) is 25.7 Å². The van der Waals surface area contributed by atoms with Crippen LogP contribution < -0.4 is 56.1 Å². The van der Waals surface area contributed by atoms with Crippen LogP contribution in [0.5, 0.6) is 0 Å². The Bertz CT molecular complexity index is 216. The zero-order chi connectivity index (χ0) is 10.6. The van der Waals surface area contributed by atoms with Crippen molar-refractivity contribution in [3.63, 3.8) is 0 Å². The number of hydrogen-bond acceptors (Lipinski definition) is 1. The van der Waals surface area contributed by atoms with E-state index in [1.807, 2.05) is 24.3 Å². The van der Waals surface area contributed by atoms with Gasteiger partial charge in [0.2, 0.25) is 0 Å². The smallest absolute Gasteiger partial charge is 1.00 e. The van der Waals surface area contributed by atoms with E-state index in [1.54, 1.807) is 0 Å². The molecule has 1 saturated heterocycles. The monoisotopic (exact) mass is 404 g/mol. The van der Waals surface area contributed by atoms with Crippen LogP contribution in [-0.4, -0.2) is 13.2 Å². The molecule has 6 heteroatoms. The molecule has 2 aliphatic carbocycles. The molecule has 1 heterocycles. The van der Waals surface area contributed by atoms with Crippen molar-refractivity contribution in [1.29, 1.82) is 0 Å². The molecule has 3 rings (SSSR count). The SMILES string of the molecule is C1CCOC1.[C-]1=CC=CC1.[C-]1=CC=CC1.[Cl-].[Cl-].[Cl-].[Li+].[Zr+4]. The third-order valence-corrected chi connectivity index (χ3v) is 2.00. The second-order valence-corrected chi connectivity index (χ2v) is 3.33. The van der Waals surface area contributed by atoms with E-state index in [-0.39, 0.29) is 82.3 Å². The molecular weight excluding hydrogens is 389 g/mol. The Morgan fingerprint density at radius 2 is 1.15 bits per heavy atom. The van der Waals surface area contributed by atoms with E-state index in [0.717, 1.165) is 26.1 Å². The van der Waals surface area contributed by atoms with Gasteiger partial charge in [-0.05, 0) is 12.8 Å². The molecule has 1 aliphatic heterocycles. The predicted octanol–water partition coefficient (Wildman–Crippen LogP) is -8.58. The minimum atomic E-state index is 0. The van der Waals surface area contributed by atoms with Gasteiger partial charge < -0.3 is 42.0 Å². The quantitative estimate of drug-likeness (QED) is 0.287. The summed E-state index contributed by atoms with van der Waals surface area (Å²) in [4.78, 5) is 0. The number of hydrogen-bond donors (Lipinski definition) is 0.